The Morgan fingerprint density at radius 3 is 2.13 bits per heavy atom. The number of ether oxygens (including phenoxy) is 3. The van der Waals surface area contributed by atoms with Gasteiger partial charge in [0.05, 0.1) is 25.7 Å². The van der Waals surface area contributed by atoms with Crippen molar-refractivity contribution in [3.63, 3.8) is 0 Å². The molecule has 242 valence electrons. The Balaban J connectivity index is 0.000000838. The molecular formula is C33H39NO10S. The Morgan fingerprint density at radius 2 is 1.53 bits per heavy atom. The maximum atomic E-state index is 13.6. The van der Waals surface area contributed by atoms with Crippen LogP contribution in [0.15, 0.2) is 80.9 Å². The van der Waals surface area contributed by atoms with E-state index in [9.17, 15) is 8.42 Å². The van der Waals surface area contributed by atoms with E-state index in [1.807, 2.05) is 38.1 Å². The molecule has 4 aromatic rings. The van der Waals surface area contributed by atoms with Gasteiger partial charge in [-0.1, -0.05) is 32.0 Å². The van der Waals surface area contributed by atoms with Crippen LogP contribution in [0, 0.1) is 0 Å². The molecule has 2 N–H and O–H groups in total. The summed E-state index contributed by atoms with van der Waals surface area (Å²) in [6.07, 6.45) is 1.75. The lowest BCUT2D eigenvalue weighted by Gasteiger charge is -2.17. The van der Waals surface area contributed by atoms with E-state index in [4.69, 9.17) is 38.4 Å². The van der Waals surface area contributed by atoms with E-state index in [2.05, 4.69) is 18.0 Å². The molecule has 0 radical (unpaired) electrons. The first-order valence-electron chi connectivity index (χ1n) is 14.2. The summed E-state index contributed by atoms with van der Waals surface area (Å²) in [5, 5.41) is 15.4. The molecule has 45 heavy (non-hydrogen) atoms. The third kappa shape index (κ3) is 9.22. The molecule has 1 aromatic heterocycles. The van der Waals surface area contributed by atoms with Crippen LogP contribution in [0.3, 0.4) is 0 Å². The zero-order chi connectivity index (χ0) is 33.1. The first-order chi connectivity index (χ1) is 21.4. The fourth-order valence-electron chi connectivity index (χ4n) is 4.52. The fourth-order valence-corrected chi connectivity index (χ4v) is 6.25. The maximum absolute atomic E-state index is 13.6. The normalized spacial score (nSPS) is 11.3. The van der Waals surface area contributed by atoms with Crippen LogP contribution in [0.4, 0.5) is 0 Å². The van der Waals surface area contributed by atoms with Crippen LogP contribution in [-0.4, -0.2) is 76.4 Å². The number of carboxylic acid groups (broad SMARTS) is 2. The van der Waals surface area contributed by atoms with Crippen LogP contribution in [0.1, 0.15) is 37.5 Å². The van der Waals surface area contributed by atoms with E-state index in [-0.39, 0.29) is 15.7 Å². The molecular weight excluding hydrogens is 602 g/mol. The minimum Gasteiger partial charge on any atom is -0.494 e. The van der Waals surface area contributed by atoms with Gasteiger partial charge in [0.25, 0.3) is 0 Å². The topological polar surface area (TPSA) is 153 Å². The van der Waals surface area contributed by atoms with E-state index in [1.54, 1.807) is 50.6 Å². The molecule has 0 aliphatic heterocycles. The van der Waals surface area contributed by atoms with Crippen molar-refractivity contribution in [1.82, 2.24) is 4.90 Å². The number of furan rings is 1. The molecule has 0 aliphatic rings. The molecule has 11 nitrogen and oxygen atoms in total. The first kappa shape index (κ1) is 34.9. The molecule has 0 aliphatic carbocycles. The Morgan fingerprint density at radius 1 is 0.889 bits per heavy atom. The second kappa shape index (κ2) is 16.0. The highest BCUT2D eigenvalue weighted by molar-refractivity contribution is 7.91. The minimum atomic E-state index is -3.76. The number of sulfone groups is 1. The zero-order valence-corrected chi connectivity index (χ0v) is 26.8. The van der Waals surface area contributed by atoms with Crippen molar-refractivity contribution < 1.29 is 46.8 Å². The fraction of sp³-hybridized carbons (Fsp3) is 0.333. The molecule has 0 saturated carbocycles. The predicted molar refractivity (Wildman–Crippen MR) is 168 cm³/mol. The number of aliphatic carboxylic acids is 2. The number of carbonyl (C=O) groups is 2. The molecule has 4 rings (SSSR count). The molecule has 1 heterocycles. The van der Waals surface area contributed by atoms with E-state index >= 15 is 0 Å². The van der Waals surface area contributed by atoms with Gasteiger partial charge in [0, 0.05) is 24.4 Å². The average Bonchev–Trinajstić information content (AvgIpc) is 3.43. The summed E-state index contributed by atoms with van der Waals surface area (Å²) in [5.41, 5.74) is 1.77. The van der Waals surface area contributed by atoms with Crippen molar-refractivity contribution in [2.45, 2.75) is 42.4 Å². The molecule has 0 fully saturated rings. The smallest absolute Gasteiger partial charge is 0.414 e. The zero-order valence-electron chi connectivity index (χ0n) is 26.0. The van der Waals surface area contributed by atoms with Crippen LogP contribution in [0.5, 0.6) is 17.2 Å². The van der Waals surface area contributed by atoms with Crippen LogP contribution in [0.25, 0.3) is 11.0 Å². The Labute approximate surface area is 262 Å². The number of hydrogen-bond donors (Lipinski definition) is 2. The number of nitrogens with zero attached hydrogens (tertiary/aromatic N) is 1. The van der Waals surface area contributed by atoms with Gasteiger partial charge in [-0.2, -0.15) is 0 Å². The van der Waals surface area contributed by atoms with Crippen LogP contribution < -0.4 is 14.2 Å². The van der Waals surface area contributed by atoms with E-state index in [1.165, 1.54) is 5.56 Å². The molecule has 0 atom stereocenters. The predicted octanol–water partition coefficient (Wildman–Crippen LogP) is 5.51. The van der Waals surface area contributed by atoms with E-state index < -0.39 is 21.8 Å². The van der Waals surface area contributed by atoms with Crippen LogP contribution in [0.2, 0.25) is 0 Å². The van der Waals surface area contributed by atoms with Crippen molar-refractivity contribution in [1.29, 1.82) is 0 Å². The number of rotatable bonds is 13. The Bertz CT molecular complexity index is 1680. The maximum Gasteiger partial charge on any atom is 0.414 e. The van der Waals surface area contributed by atoms with Crippen LogP contribution >= 0.6 is 0 Å². The minimum absolute atomic E-state index is 0.0676. The highest BCUT2D eigenvalue weighted by Gasteiger charge is 2.29. The Hall–Kier alpha value is -4.55. The third-order valence-electron chi connectivity index (χ3n) is 6.87. The second-order valence-corrected chi connectivity index (χ2v) is 12.4. The lowest BCUT2D eigenvalue weighted by molar-refractivity contribution is -0.159. The number of benzene rings is 3. The molecule has 0 amide bonds. The van der Waals surface area contributed by atoms with E-state index in [0.29, 0.717) is 29.1 Å². The average molecular weight is 642 g/mol. The number of hydrogen-bond acceptors (Lipinski definition) is 9. The summed E-state index contributed by atoms with van der Waals surface area (Å²) in [4.78, 5) is 20.9. The number of likely N-dealkylation sites (N-methyl/N-ethyl adjacent to an activating group) is 1. The van der Waals surface area contributed by atoms with Gasteiger partial charge in [0.1, 0.15) is 22.0 Å². The van der Waals surface area contributed by atoms with Gasteiger partial charge in [0.2, 0.25) is 9.84 Å². The van der Waals surface area contributed by atoms with Crippen molar-refractivity contribution in [2.24, 2.45) is 0 Å². The monoisotopic (exact) mass is 641 g/mol. The number of para-hydroxylation sites is 1. The number of fused-ring (bicyclic) bond motifs is 1. The van der Waals surface area contributed by atoms with Gasteiger partial charge in [0.15, 0.2) is 11.5 Å². The third-order valence-corrected chi connectivity index (χ3v) is 8.72. The van der Waals surface area contributed by atoms with Gasteiger partial charge in [-0.15, -0.1) is 0 Å². The molecule has 3 aromatic carbocycles. The lowest BCUT2D eigenvalue weighted by Crippen LogP contribution is -2.23. The molecule has 0 bridgehead atoms. The largest absolute Gasteiger partial charge is 0.494 e. The van der Waals surface area contributed by atoms with Gasteiger partial charge in [-0.05, 0) is 74.0 Å². The summed E-state index contributed by atoms with van der Waals surface area (Å²) < 4.78 is 49.7. The van der Waals surface area contributed by atoms with Gasteiger partial charge < -0.3 is 33.7 Å². The van der Waals surface area contributed by atoms with Crippen molar-refractivity contribution in [3.05, 3.63) is 78.1 Å². The summed E-state index contributed by atoms with van der Waals surface area (Å²) in [6.45, 7) is 6.19. The van der Waals surface area contributed by atoms with Crippen molar-refractivity contribution in [3.8, 4) is 17.2 Å². The van der Waals surface area contributed by atoms with Gasteiger partial charge in [-0.3, -0.25) is 0 Å². The summed E-state index contributed by atoms with van der Waals surface area (Å²) in [6, 6.07) is 19.9. The summed E-state index contributed by atoms with van der Waals surface area (Å²) >= 11 is 0. The SMILES string of the molecule is COc1ccc(CCN(C)CCCOc2ccc(S(=O)(=O)c3c(C(C)C)oc4ccccc34)cc2)cc1OC.O=C(O)C(=O)O. The first-order valence-corrected chi connectivity index (χ1v) is 15.7. The van der Waals surface area contributed by atoms with Gasteiger partial charge >= 0.3 is 11.9 Å². The summed E-state index contributed by atoms with van der Waals surface area (Å²) in [5.74, 6) is -1.13. The molecule has 0 spiro atoms. The molecule has 0 unspecified atom stereocenters. The molecule has 12 heteroatoms. The quantitative estimate of drug-likeness (QED) is 0.140. The highest BCUT2D eigenvalue weighted by Crippen LogP contribution is 2.37. The number of methoxy groups -OCH3 is 2. The van der Waals surface area contributed by atoms with Gasteiger partial charge in [-0.25, -0.2) is 18.0 Å². The highest BCUT2D eigenvalue weighted by atomic mass is 32.2. The lowest BCUT2D eigenvalue weighted by atomic mass is 10.1. The van der Waals surface area contributed by atoms with Crippen molar-refractivity contribution in [2.75, 3.05) is 41.0 Å². The van der Waals surface area contributed by atoms with E-state index in [0.717, 1.165) is 37.4 Å². The summed E-state index contributed by atoms with van der Waals surface area (Å²) in [7, 11) is 1.61. The second-order valence-electron chi connectivity index (χ2n) is 10.5. The number of carboxylic acids is 2. The standard InChI is InChI=1S/C31H37NO6S.C2H2O4/c1-22(2)30-31(26-9-6-7-10-27(26)38-30)39(33,34)25-14-12-24(13-15-25)37-20-8-18-32(3)19-17-23-11-16-28(35-4)29(21-23)36-5;3-1(4)2(5)6/h6-7,9-16,21-22H,8,17-20H2,1-5H3;(H,3,4)(H,5,6). The Kier molecular flexibility index (Phi) is 12.4. The van der Waals surface area contributed by atoms with Crippen molar-refractivity contribution >= 4 is 32.7 Å². The molecule has 0 saturated heterocycles. The van der Waals surface area contributed by atoms with Crippen LogP contribution in [-0.2, 0) is 25.8 Å².